The van der Waals surface area contributed by atoms with E-state index in [-0.39, 0.29) is 6.61 Å². The van der Waals surface area contributed by atoms with Gasteiger partial charge >= 0.3 is 0 Å². The minimum Gasteiger partial charge on any atom is -0.490 e. The number of ether oxygens (including phenoxy) is 1. The molecule has 2 atom stereocenters. The summed E-state index contributed by atoms with van der Waals surface area (Å²) in [6.07, 6.45) is 3.50. The molecular weight excluding hydrogens is 340 g/mol. The van der Waals surface area contributed by atoms with Crippen molar-refractivity contribution >= 4 is 10.9 Å². The molecule has 0 spiro atoms. The number of hydrogen-bond acceptors (Lipinski definition) is 5. The number of aromatic amines is 1. The molecule has 6 nitrogen and oxygen atoms in total. The highest BCUT2D eigenvalue weighted by Gasteiger charge is 2.20. The van der Waals surface area contributed by atoms with Crippen molar-refractivity contribution in [2.45, 2.75) is 25.0 Å². The Balaban J connectivity index is 1.14. The largest absolute Gasteiger partial charge is 0.490 e. The van der Waals surface area contributed by atoms with E-state index < -0.39 is 6.10 Å². The molecule has 0 fully saturated rings. The van der Waals surface area contributed by atoms with E-state index >= 15 is 0 Å². The Bertz CT molecular complexity index is 879. The fraction of sp³-hybridized carbons (Fsp3) is 0.381. The molecule has 3 aromatic rings. The van der Waals surface area contributed by atoms with Crippen LogP contribution in [0.4, 0.5) is 0 Å². The van der Waals surface area contributed by atoms with Crippen LogP contribution in [0, 0.1) is 0 Å². The standard InChI is InChI=1S/C21H26N4O2/c26-16(14-27-21-7-3-6-20-18(21)13-24-25-20)12-22-10-11-23-19-9-8-15-4-1-2-5-17(15)19/h1-7,13,16,19,22-23,26H,8-12,14H2,(H,24,25). The normalized spacial score (nSPS) is 17.1. The Kier molecular flexibility index (Phi) is 5.67. The van der Waals surface area contributed by atoms with Crippen LogP contribution in [0.3, 0.4) is 0 Å². The van der Waals surface area contributed by atoms with Crippen molar-refractivity contribution < 1.29 is 9.84 Å². The van der Waals surface area contributed by atoms with Gasteiger partial charge in [0.05, 0.1) is 17.1 Å². The van der Waals surface area contributed by atoms with E-state index in [0.29, 0.717) is 12.6 Å². The first-order chi connectivity index (χ1) is 13.3. The van der Waals surface area contributed by atoms with Crippen LogP contribution in [0.25, 0.3) is 10.9 Å². The maximum Gasteiger partial charge on any atom is 0.130 e. The molecule has 1 aliphatic rings. The Morgan fingerprint density at radius 1 is 1.19 bits per heavy atom. The van der Waals surface area contributed by atoms with Gasteiger partial charge in [-0.1, -0.05) is 30.3 Å². The third-order valence-electron chi connectivity index (χ3n) is 5.08. The summed E-state index contributed by atoms with van der Waals surface area (Å²) in [6, 6.07) is 14.9. The van der Waals surface area contributed by atoms with Gasteiger partial charge in [-0.2, -0.15) is 5.10 Å². The maximum absolute atomic E-state index is 10.1. The van der Waals surface area contributed by atoms with Gasteiger partial charge in [0.2, 0.25) is 0 Å². The van der Waals surface area contributed by atoms with Crippen LogP contribution in [0.5, 0.6) is 5.75 Å². The molecule has 0 radical (unpaired) electrons. The molecule has 0 saturated carbocycles. The number of hydrogen-bond donors (Lipinski definition) is 4. The van der Waals surface area contributed by atoms with Crippen molar-refractivity contribution in [3.63, 3.8) is 0 Å². The molecule has 4 N–H and O–H groups in total. The van der Waals surface area contributed by atoms with Gasteiger partial charge in [0.15, 0.2) is 0 Å². The summed E-state index contributed by atoms with van der Waals surface area (Å²) in [7, 11) is 0. The molecule has 4 rings (SSSR count). The maximum atomic E-state index is 10.1. The summed E-state index contributed by atoms with van der Waals surface area (Å²) in [4.78, 5) is 0. The number of rotatable bonds is 9. The molecule has 0 amide bonds. The molecule has 6 heteroatoms. The lowest BCUT2D eigenvalue weighted by Crippen LogP contribution is -2.36. The topological polar surface area (TPSA) is 82.2 Å². The molecular formula is C21H26N4O2. The van der Waals surface area contributed by atoms with Crippen LogP contribution >= 0.6 is 0 Å². The van der Waals surface area contributed by atoms with Crippen LogP contribution in [-0.4, -0.2) is 47.6 Å². The van der Waals surface area contributed by atoms with E-state index in [9.17, 15) is 5.11 Å². The van der Waals surface area contributed by atoms with Crippen LogP contribution in [0.15, 0.2) is 48.7 Å². The van der Waals surface area contributed by atoms with Gasteiger partial charge in [0.25, 0.3) is 0 Å². The fourth-order valence-electron chi connectivity index (χ4n) is 3.68. The van der Waals surface area contributed by atoms with Gasteiger partial charge in [0, 0.05) is 25.7 Å². The second kappa shape index (κ2) is 8.52. The van der Waals surface area contributed by atoms with Gasteiger partial charge in [-0.15, -0.1) is 0 Å². The van der Waals surface area contributed by atoms with E-state index in [0.717, 1.165) is 42.6 Å². The SMILES string of the molecule is OC(CNCCNC1CCc2ccccc21)COc1cccc2[nH]ncc12. The summed E-state index contributed by atoms with van der Waals surface area (Å²) in [5.74, 6) is 0.738. The van der Waals surface area contributed by atoms with Crippen molar-refractivity contribution in [2.24, 2.45) is 0 Å². The number of aromatic nitrogens is 2. The fourth-order valence-corrected chi connectivity index (χ4v) is 3.68. The Labute approximate surface area is 158 Å². The first-order valence-corrected chi connectivity index (χ1v) is 9.56. The third-order valence-corrected chi connectivity index (χ3v) is 5.08. The van der Waals surface area contributed by atoms with E-state index in [1.54, 1.807) is 6.20 Å². The van der Waals surface area contributed by atoms with Crippen molar-refractivity contribution in [3.05, 3.63) is 59.8 Å². The van der Waals surface area contributed by atoms with E-state index in [4.69, 9.17) is 4.74 Å². The first kappa shape index (κ1) is 18.0. The summed E-state index contributed by atoms with van der Waals surface area (Å²) in [5, 5.41) is 24.9. The highest BCUT2D eigenvalue weighted by Crippen LogP contribution is 2.30. The number of aliphatic hydroxyl groups is 1. The molecule has 0 aliphatic heterocycles. The molecule has 1 aromatic heterocycles. The van der Waals surface area contributed by atoms with Gasteiger partial charge in [-0.3, -0.25) is 5.10 Å². The van der Waals surface area contributed by atoms with Crippen molar-refractivity contribution in [3.8, 4) is 5.75 Å². The molecule has 0 saturated heterocycles. The molecule has 142 valence electrons. The summed E-state index contributed by atoms with van der Waals surface area (Å²) < 4.78 is 5.75. The Hall–Kier alpha value is -2.41. The number of benzene rings is 2. The van der Waals surface area contributed by atoms with Gasteiger partial charge in [0.1, 0.15) is 18.5 Å². The van der Waals surface area contributed by atoms with Gasteiger partial charge < -0.3 is 20.5 Å². The molecule has 2 unspecified atom stereocenters. The predicted octanol–water partition coefficient (Wildman–Crippen LogP) is 2.17. The molecule has 0 bridgehead atoms. The van der Waals surface area contributed by atoms with Crippen molar-refractivity contribution in [1.82, 2.24) is 20.8 Å². The minimum atomic E-state index is -0.556. The average molecular weight is 366 g/mol. The predicted molar refractivity (Wildman–Crippen MR) is 106 cm³/mol. The van der Waals surface area contributed by atoms with Crippen LogP contribution in [0.2, 0.25) is 0 Å². The lowest BCUT2D eigenvalue weighted by atomic mass is 10.1. The molecule has 1 heterocycles. The Morgan fingerprint density at radius 2 is 2.11 bits per heavy atom. The second-order valence-electron chi connectivity index (χ2n) is 7.00. The zero-order valence-electron chi connectivity index (χ0n) is 15.3. The lowest BCUT2D eigenvalue weighted by Gasteiger charge is -2.16. The van der Waals surface area contributed by atoms with E-state index in [1.165, 1.54) is 11.1 Å². The smallest absolute Gasteiger partial charge is 0.130 e. The summed E-state index contributed by atoms with van der Waals surface area (Å²) in [5.41, 5.74) is 3.82. The quantitative estimate of drug-likeness (QED) is 0.436. The van der Waals surface area contributed by atoms with Crippen LogP contribution < -0.4 is 15.4 Å². The first-order valence-electron chi connectivity index (χ1n) is 9.56. The third kappa shape index (κ3) is 4.30. The lowest BCUT2D eigenvalue weighted by molar-refractivity contribution is 0.107. The zero-order valence-corrected chi connectivity index (χ0v) is 15.3. The van der Waals surface area contributed by atoms with Crippen molar-refractivity contribution in [2.75, 3.05) is 26.2 Å². The summed E-state index contributed by atoms with van der Waals surface area (Å²) >= 11 is 0. The Morgan fingerprint density at radius 3 is 3.07 bits per heavy atom. The van der Waals surface area contributed by atoms with Gasteiger partial charge in [-0.25, -0.2) is 0 Å². The van der Waals surface area contributed by atoms with Gasteiger partial charge in [-0.05, 0) is 36.1 Å². The van der Waals surface area contributed by atoms with Crippen molar-refractivity contribution in [1.29, 1.82) is 0 Å². The minimum absolute atomic E-state index is 0.251. The number of fused-ring (bicyclic) bond motifs is 2. The molecule has 1 aliphatic carbocycles. The molecule has 27 heavy (non-hydrogen) atoms. The van der Waals surface area contributed by atoms with Crippen LogP contribution in [0.1, 0.15) is 23.6 Å². The number of nitrogens with one attached hydrogen (secondary N) is 3. The number of aryl methyl sites for hydroxylation is 1. The van der Waals surface area contributed by atoms with E-state index in [2.05, 4.69) is 45.1 Å². The zero-order chi connectivity index (χ0) is 18.5. The van der Waals surface area contributed by atoms with Crippen LogP contribution in [-0.2, 0) is 6.42 Å². The highest BCUT2D eigenvalue weighted by atomic mass is 16.5. The number of nitrogens with zero attached hydrogens (tertiary/aromatic N) is 1. The molecule has 2 aromatic carbocycles. The number of aliphatic hydroxyl groups excluding tert-OH is 1. The van der Waals surface area contributed by atoms with E-state index in [1.807, 2.05) is 18.2 Å². The second-order valence-corrected chi connectivity index (χ2v) is 7.00. The average Bonchev–Trinajstić information content (AvgIpc) is 3.33. The highest BCUT2D eigenvalue weighted by molar-refractivity contribution is 5.84. The summed E-state index contributed by atoms with van der Waals surface area (Å²) in [6.45, 7) is 2.44. The number of H-pyrrole nitrogens is 1. The monoisotopic (exact) mass is 366 g/mol.